The lowest BCUT2D eigenvalue weighted by Gasteiger charge is -2.31. The van der Waals surface area contributed by atoms with E-state index in [4.69, 9.17) is 9.84 Å². The molecule has 0 fully saturated rings. The molecule has 1 rings (SSSR count). The summed E-state index contributed by atoms with van der Waals surface area (Å²) in [6, 6.07) is -0.535. The van der Waals surface area contributed by atoms with E-state index in [1.807, 2.05) is 0 Å². The molecule has 0 aromatic heterocycles. The van der Waals surface area contributed by atoms with Gasteiger partial charge in [0.25, 0.3) is 0 Å². The van der Waals surface area contributed by atoms with E-state index in [0.717, 1.165) is 0 Å². The highest BCUT2D eigenvalue weighted by Gasteiger charge is 2.30. The molecule has 1 aliphatic rings. The third-order valence-corrected chi connectivity index (χ3v) is 2.24. The second-order valence-electron chi connectivity index (χ2n) is 4.83. The number of nitrogens with zero attached hydrogens (tertiary/aromatic N) is 1. The van der Waals surface area contributed by atoms with Crippen molar-refractivity contribution in [3.63, 3.8) is 0 Å². The first-order chi connectivity index (χ1) is 7.72. The van der Waals surface area contributed by atoms with Crippen molar-refractivity contribution in [2.45, 2.75) is 39.3 Å². The van der Waals surface area contributed by atoms with Crippen molar-refractivity contribution in [2.75, 3.05) is 0 Å². The van der Waals surface area contributed by atoms with Gasteiger partial charge in [0.2, 0.25) is 0 Å². The molecule has 1 unspecified atom stereocenters. The van der Waals surface area contributed by atoms with Crippen LogP contribution in [0.2, 0.25) is 0 Å². The van der Waals surface area contributed by atoms with Gasteiger partial charge in [-0.15, -0.1) is 0 Å². The quantitative estimate of drug-likeness (QED) is 0.761. The first kappa shape index (κ1) is 13.3. The number of rotatable bonds is 1. The van der Waals surface area contributed by atoms with Gasteiger partial charge < -0.3 is 9.84 Å². The molecule has 94 valence electrons. The van der Waals surface area contributed by atoms with Crippen LogP contribution in [0.3, 0.4) is 0 Å². The molecule has 0 radical (unpaired) electrons. The Bertz CT molecular complexity index is 390. The van der Waals surface area contributed by atoms with Gasteiger partial charge in [-0.3, -0.25) is 4.90 Å². The van der Waals surface area contributed by atoms with Crippen molar-refractivity contribution in [1.29, 1.82) is 0 Å². The van der Waals surface area contributed by atoms with Gasteiger partial charge in [0.05, 0.1) is 11.6 Å². The Morgan fingerprint density at radius 1 is 1.41 bits per heavy atom. The van der Waals surface area contributed by atoms with Crippen LogP contribution in [0.15, 0.2) is 23.9 Å². The van der Waals surface area contributed by atoms with Crippen molar-refractivity contribution in [3.8, 4) is 0 Å². The monoisotopic (exact) mass is 239 g/mol. The lowest BCUT2D eigenvalue weighted by atomic mass is 10.1. The summed E-state index contributed by atoms with van der Waals surface area (Å²) < 4.78 is 5.19. The van der Waals surface area contributed by atoms with Gasteiger partial charge in [-0.25, -0.2) is 9.59 Å². The van der Waals surface area contributed by atoms with Crippen molar-refractivity contribution in [3.05, 3.63) is 23.9 Å². The van der Waals surface area contributed by atoms with Gasteiger partial charge in [-0.2, -0.15) is 0 Å². The molecule has 0 aromatic rings. The molecule has 1 heterocycles. The molecule has 0 aromatic carbocycles. The van der Waals surface area contributed by atoms with E-state index in [0.29, 0.717) is 0 Å². The first-order valence-corrected chi connectivity index (χ1v) is 5.35. The third kappa shape index (κ3) is 3.34. The zero-order valence-corrected chi connectivity index (χ0v) is 10.4. The van der Waals surface area contributed by atoms with Crippen LogP contribution in [0.5, 0.6) is 0 Å². The third-order valence-electron chi connectivity index (χ3n) is 2.24. The number of ether oxygens (including phenoxy) is 1. The summed E-state index contributed by atoms with van der Waals surface area (Å²) >= 11 is 0. The standard InChI is InChI=1S/C12H17NO4/c1-8-9(10(14)15)6-5-7-13(8)11(16)17-12(2,3)4/h5-8H,1-4H3,(H,14,15). The largest absolute Gasteiger partial charge is 0.478 e. The van der Waals surface area contributed by atoms with Gasteiger partial charge in [-0.05, 0) is 39.8 Å². The molecule has 1 amide bonds. The maximum Gasteiger partial charge on any atom is 0.414 e. The summed E-state index contributed by atoms with van der Waals surface area (Å²) in [5, 5.41) is 8.96. The predicted octanol–water partition coefficient (Wildman–Crippen LogP) is 2.15. The Labute approximate surface area is 100 Å². The molecule has 0 saturated carbocycles. The number of allylic oxidation sites excluding steroid dienone is 2. The Morgan fingerprint density at radius 2 is 2.00 bits per heavy atom. The van der Waals surface area contributed by atoms with Crippen molar-refractivity contribution < 1.29 is 19.4 Å². The average molecular weight is 239 g/mol. The zero-order chi connectivity index (χ0) is 13.2. The highest BCUT2D eigenvalue weighted by Crippen LogP contribution is 2.19. The number of aliphatic carboxylic acids is 1. The summed E-state index contributed by atoms with van der Waals surface area (Å²) in [5.41, 5.74) is -0.437. The van der Waals surface area contributed by atoms with Gasteiger partial charge >= 0.3 is 12.1 Å². The van der Waals surface area contributed by atoms with E-state index in [1.165, 1.54) is 23.3 Å². The van der Waals surface area contributed by atoms with E-state index < -0.39 is 23.7 Å². The number of hydrogen-bond acceptors (Lipinski definition) is 3. The molecule has 5 heteroatoms. The maximum atomic E-state index is 11.8. The van der Waals surface area contributed by atoms with Gasteiger partial charge in [0, 0.05) is 6.20 Å². The van der Waals surface area contributed by atoms with Crippen LogP contribution in [-0.4, -0.2) is 33.7 Å². The SMILES string of the molecule is CC1C(C(=O)O)=CC=CN1C(=O)OC(C)(C)C. The number of amides is 1. The predicted molar refractivity (Wildman–Crippen MR) is 62.4 cm³/mol. The number of carbonyl (C=O) groups is 2. The highest BCUT2D eigenvalue weighted by atomic mass is 16.6. The molecule has 0 aliphatic carbocycles. The van der Waals surface area contributed by atoms with Crippen LogP contribution in [0.4, 0.5) is 4.79 Å². The molecule has 0 bridgehead atoms. The minimum Gasteiger partial charge on any atom is -0.478 e. The second-order valence-corrected chi connectivity index (χ2v) is 4.83. The molecule has 1 N–H and O–H groups in total. The minimum absolute atomic E-state index is 0.165. The lowest BCUT2D eigenvalue weighted by Crippen LogP contribution is -2.41. The fourth-order valence-corrected chi connectivity index (χ4v) is 1.44. The van der Waals surface area contributed by atoms with Crippen LogP contribution in [0.25, 0.3) is 0 Å². The Balaban J connectivity index is 2.82. The number of carboxylic acids is 1. The fourth-order valence-electron chi connectivity index (χ4n) is 1.44. The molecule has 0 saturated heterocycles. The van der Waals surface area contributed by atoms with Crippen LogP contribution >= 0.6 is 0 Å². The lowest BCUT2D eigenvalue weighted by molar-refractivity contribution is -0.133. The maximum absolute atomic E-state index is 11.8. The summed E-state index contributed by atoms with van der Waals surface area (Å²) in [6.07, 6.45) is 3.97. The molecule has 5 nitrogen and oxygen atoms in total. The molecular formula is C12H17NO4. The van der Waals surface area contributed by atoms with Crippen LogP contribution in [-0.2, 0) is 9.53 Å². The van der Waals surface area contributed by atoms with E-state index in [1.54, 1.807) is 27.7 Å². The van der Waals surface area contributed by atoms with Crippen LogP contribution in [0.1, 0.15) is 27.7 Å². The summed E-state index contributed by atoms with van der Waals surface area (Å²) in [6.45, 7) is 6.93. The average Bonchev–Trinajstić information content (AvgIpc) is 2.14. The van der Waals surface area contributed by atoms with E-state index in [9.17, 15) is 9.59 Å². The van der Waals surface area contributed by atoms with Crippen LogP contribution < -0.4 is 0 Å². The van der Waals surface area contributed by atoms with Crippen molar-refractivity contribution >= 4 is 12.1 Å². The van der Waals surface area contributed by atoms with E-state index in [2.05, 4.69) is 0 Å². The van der Waals surface area contributed by atoms with Crippen molar-refractivity contribution in [2.24, 2.45) is 0 Å². The molecular weight excluding hydrogens is 222 g/mol. The molecule has 1 atom stereocenters. The number of carbonyl (C=O) groups excluding carboxylic acids is 1. The van der Waals surface area contributed by atoms with E-state index in [-0.39, 0.29) is 5.57 Å². The van der Waals surface area contributed by atoms with Gasteiger partial charge in [0.1, 0.15) is 5.60 Å². The zero-order valence-electron chi connectivity index (χ0n) is 10.4. The van der Waals surface area contributed by atoms with E-state index >= 15 is 0 Å². The summed E-state index contributed by atoms with van der Waals surface area (Å²) in [4.78, 5) is 24.0. The summed E-state index contributed by atoms with van der Waals surface area (Å²) in [5.74, 6) is -1.03. The van der Waals surface area contributed by atoms with Gasteiger partial charge in [-0.1, -0.05) is 0 Å². The fraction of sp³-hybridized carbons (Fsp3) is 0.500. The van der Waals surface area contributed by atoms with Crippen molar-refractivity contribution in [1.82, 2.24) is 4.90 Å². The Kier molecular flexibility index (Phi) is 3.60. The topological polar surface area (TPSA) is 66.8 Å². The highest BCUT2D eigenvalue weighted by molar-refractivity contribution is 5.90. The Hall–Kier alpha value is -1.78. The first-order valence-electron chi connectivity index (χ1n) is 5.35. The molecule has 1 aliphatic heterocycles. The second kappa shape index (κ2) is 4.61. The summed E-state index contributed by atoms with van der Waals surface area (Å²) in [7, 11) is 0. The Morgan fingerprint density at radius 3 is 2.47 bits per heavy atom. The van der Waals surface area contributed by atoms with Gasteiger partial charge in [0.15, 0.2) is 0 Å². The molecule has 0 spiro atoms. The number of carboxylic acid groups (broad SMARTS) is 1. The molecule has 17 heavy (non-hydrogen) atoms. The smallest absolute Gasteiger partial charge is 0.414 e. The minimum atomic E-state index is -1.03. The normalized spacial score (nSPS) is 19.9. The number of hydrogen-bond donors (Lipinski definition) is 1. The van der Waals surface area contributed by atoms with Crippen LogP contribution in [0, 0.1) is 0 Å².